The smallest absolute Gasteiger partial charge is 0.419 e. The lowest BCUT2D eigenvalue weighted by Crippen LogP contribution is -2.48. The van der Waals surface area contributed by atoms with Gasteiger partial charge in [0.15, 0.2) is 0 Å². The third kappa shape index (κ3) is 8.53. The molecule has 5 rings (SSSR count). The molecular weight excluding hydrogens is 738 g/mol. The number of aliphatic hydroxyl groups excluding tert-OH is 1. The molecule has 1 aliphatic carbocycles. The van der Waals surface area contributed by atoms with Crippen LogP contribution in [-0.2, 0) is 19.0 Å². The van der Waals surface area contributed by atoms with Crippen molar-refractivity contribution >= 4 is 78.4 Å². The number of carbonyl (C=O) groups is 3. The second-order valence-corrected chi connectivity index (χ2v) is 14.5. The van der Waals surface area contributed by atoms with Crippen molar-refractivity contribution in [2.45, 2.75) is 77.2 Å². The van der Waals surface area contributed by atoms with Crippen LogP contribution in [0.25, 0.3) is 14.6 Å². The first-order chi connectivity index (χ1) is 21.0. The molecule has 14 heteroatoms. The van der Waals surface area contributed by atoms with Crippen LogP contribution in [0.4, 0.5) is 4.79 Å². The quantitative estimate of drug-likeness (QED) is 0.232. The summed E-state index contributed by atoms with van der Waals surface area (Å²) in [6.45, 7) is 11.4. The first-order valence-electron chi connectivity index (χ1n) is 14.2. The molecule has 0 saturated carbocycles. The van der Waals surface area contributed by atoms with Crippen molar-refractivity contribution in [3.8, 4) is 0 Å². The van der Waals surface area contributed by atoms with E-state index in [1.54, 1.807) is 33.0 Å². The maximum absolute atomic E-state index is 12.8. The maximum atomic E-state index is 12.8. The molecule has 11 nitrogen and oxygen atoms in total. The number of ether oxygens (including phenoxy) is 3. The molecule has 0 bridgehead atoms. The van der Waals surface area contributed by atoms with Crippen LogP contribution in [0.2, 0.25) is 10.0 Å². The molecule has 2 N–H and O–H groups in total. The highest BCUT2D eigenvalue weighted by Gasteiger charge is 2.34. The molecule has 1 aliphatic heterocycles. The van der Waals surface area contributed by atoms with Gasteiger partial charge in [-0.15, -0.1) is 0 Å². The predicted octanol–water partition coefficient (Wildman–Crippen LogP) is 6.30. The van der Waals surface area contributed by atoms with Crippen molar-refractivity contribution in [3.63, 3.8) is 0 Å². The zero-order chi connectivity index (χ0) is 33.3. The van der Waals surface area contributed by atoms with Crippen molar-refractivity contribution in [3.05, 3.63) is 63.7 Å². The summed E-state index contributed by atoms with van der Waals surface area (Å²) >= 11 is 14.6. The number of amides is 1. The minimum Gasteiger partial charge on any atom is -0.459 e. The number of nitrogens with zero attached hydrogens (tertiary/aromatic N) is 3. The lowest BCUT2D eigenvalue weighted by molar-refractivity contribution is -0.155. The number of pyridine rings is 2. The fourth-order valence-corrected chi connectivity index (χ4v) is 5.96. The summed E-state index contributed by atoms with van der Waals surface area (Å²) in [5, 5.41) is 13.6. The summed E-state index contributed by atoms with van der Waals surface area (Å²) < 4.78 is 18.1. The van der Waals surface area contributed by atoms with Gasteiger partial charge in [0.05, 0.1) is 40.5 Å². The van der Waals surface area contributed by atoms with E-state index in [9.17, 15) is 19.5 Å². The Balaban J connectivity index is 0.000000222. The van der Waals surface area contributed by atoms with Crippen molar-refractivity contribution in [2.24, 2.45) is 0 Å². The van der Waals surface area contributed by atoms with Gasteiger partial charge in [0, 0.05) is 39.4 Å². The Labute approximate surface area is 284 Å². The van der Waals surface area contributed by atoms with Gasteiger partial charge in [0.25, 0.3) is 5.91 Å². The van der Waals surface area contributed by atoms with E-state index < -0.39 is 41.3 Å². The summed E-state index contributed by atoms with van der Waals surface area (Å²) in [5.41, 5.74) is 1.07. The van der Waals surface area contributed by atoms with Gasteiger partial charge in [0.1, 0.15) is 22.6 Å². The molecule has 1 saturated heterocycles. The van der Waals surface area contributed by atoms with Crippen LogP contribution >= 0.6 is 45.8 Å². The van der Waals surface area contributed by atoms with Crippen LogP contribution in [-0.4, -0.2) is 74.2 Å². The molecule has 1 fully saturated rings. The molecule has 2 unspecified atom stereocenters. The van der Waals surface area contributed by atoms with Gasteiger partial charge in [-0.05, 0) is 82.7 Å². The molecule has 45 heavy (non-hydrogen) atoms. The van der Waals surface area contributed by atoms with E-state index in [0.717, 1.165) is 14.8 Å². The predicted molar refractivity (Wildman–Crippen MR) is 179 cm³/mol. The lowest BCUT2D eigenvalue weighted by Gasteiger charge is -2.28. The Bertz CT molecular complexity index is 1650. The second kappa shape index (κ2) is 13.9. The van der Waals surface area contributed by atoms with Crippen LogP contribution in [0.15, 0.2) is 36.8 Å². The Morgan fingerprint density at radius 1 is 1.04 bits per heavy atom. The first-order valence-corrected chi connectivity index (χ1v) is 16.0. The highest BCUT2D eigenvalue weighted by molar-refractivity contribution is 14.1. The molecule has 3 aromatic rings. The molecule has 0 spiro atoms. The molecular formula is C31H35Cl2IN4O7. The van der Waals surface area contributed by atoms with Gasteiger partial charge >= 0.3 is 12.1 Å². The number of esters is 1. The monoisotopic (exact) mass is 772 g/mol. The normalized spacial score (nSPS) is 19.6. The van der Waals surface area contributed by atoms with Gasteiger partial charge in [-0.2, -0.15) is 0 Å². The summed E-state index contributed by atoms with van der Waals surface area (Å²) in [6, 6.07) is 2.79. The van der Waals surface area contributed by atoms with Crippen molar-refractivity contribution in [1.29, 1.82) is 0 Å². The number of carbonyl (C=O) groups excluding carboxylic acids is 3. The minimum atomic E-state index is -0.793. The van der Waals surface area contributed by atoms with Crippen LogP contribution in [0.3, 0.4) is 0 Å². The number of hydrogen-bond acceptors (Lipinski definition) is 9. The van der Waals surface area contributed by atoms with Crippen molar-refractivity contribution < 1.29 is 33.7 Å². The topological polar surface area (TPSA) is 142 Å². The van der Waals surface area contributed by atoms with E-state index >= 15 is 0 Å². The van der Waals surface area contributed by atoms with Gasteiger partial charge in [-0.1, -0.05) is 29.3 Å². The number of fused-ring (bicyclic) bond motifs is 2. The van der Waals surface area contributed by atoms with E-state index in [1.165, 1.54) is 23.0 Å². The fourth-order valence-electron chi connectivity index (χ4n) is 4.67. The molecule has 0 radical (unpaired) electrons. The molecule has 4 heterocycles. The Morgan fingerprint density at radius 3 is 2.33 bits per heavy atom. The first kappa shape index (κ1) is 35.1. The van der Waals surface area contributed by atoms with Crippen LogP contribution in [0.1, 0.15) is 75.5 Å². The Morgan fingerprint density at radius 2 is 1.69 bits per heavy atom. The van der Waals surface area contributed by atoms with E-state index in [4.69, 9.17) is 37.4 Å². The third-order valence-electron chi connectivity index (χ3n) is 6.55. The van der Waals surface area contributed by atoms with E-state index in [1.807, 2.05) is 26.8 Å². The number of rotatable bonds is 3. The number of aromatic nitrogens is 3. The van der Waals surface area contributed by atoms with Gasteiger partial charge in [0.2, 0.25) is 0 Å². The number of aliphatic hydroxyl groups is 1. The average molecular weight is 773 g/mol. The number of halogens is 3. The molecule has 3 atom stereocenters. The van der Waals surface area contributed by atoms with Gasteiger partial charge < -0.3 is 24.6 Å². The highest BCUT2D eigenvalue weighted by atomic mass is 127. The second-order valence-electron chi connectivity index (χ2n) is 12.5. The molecule has 3 aromatic heterocycles. The molecule has 242 valence electrons. The number of hydrogen-bond donors (Lipinski definition) is 2. The van der Waals surface area contributed by atoms with E-state index in [2.05, 4.69) is 37.9 Å². The lowest BCUT2D eigenvalue weighted by atomic mass is 10.0. The molecule has 1 amide bonds. The zero-order valence-corrected chi connectivity index (χ0v) is 29.4. The zero-order valence-electron chi connectivity index (χ0n) is 25.7. The van der Waals surface area contributed by atoms with Crippen LogP contribution < -0.4 is 5.32 Å². The van der Waals surface area contributed by atoms with Crippen LogP contribution in [0.5, 0.6) is 0 Å². The maximum Gasteiger partial charge on any atom is 0.419 e. The van der Waals surface area contributed by atoms with E-state index in [0.29, 0.717) is 23.6 Å². The van der Waals surface area contributed by atoms with Crippen LogP contribution in [0, 0.1) is 0 Å². The third-order valence-corrected chi connectivity index (χ3v) is 8.06. The Hall–Kier alpha value is -2.78. The van der Waals surface area contributed by atoms with E-state index in [-0.39, 0.29) is 28.7 Å². The SMILES string of the molecule is CC(C)(C)OC(=O)C1C=C(I)c2nccc(Cl)c21.CC(C)(C)OC(=O)n1cc(C(=O)NC2CCOC[C@@H]2O)c2nccc(Cl)c21. The van der Waals surface area contributed by atoms with Gasteiger partial charge in [-0.25, -0.2) is 9.36 Å². The fraction of sp³-hybridized carbons (Fsp3) is 0.452. The minimum absolute atomic E-state index is 0.161. The summed E-state index contributed by atoms with van der Waals surface area (Å²) in [6.07, 6.45) is 5.35. The Kier molecular flexibility index (Phi) is 10.8. The van der Waals surface area contributed by atoms with Gasteiger partial charge in [-0.3, -0.25) is 19.6 Å². The molecule has 2 aliphatic rings. The van der Waals surface area contributed by atoms with Crippen molar-refractivity contribution in [2.75, 3.05) is 13.2 Å². The summed E-state index contributed by atoms with van der Waals surface area (Å²) in [7, 11) is 0. The average Bonchev–Trinajstić information content (AvgIpc) is 3.49. The molecule has 0 aromatic carbocycles. The number of nitrogens with one attached hydrogen (secondary N) is 1. The summed E-state index contributed by atoms with van der Waals surface area (Å²) in [5.74, 6) is -1.19. The highest BCUT2D eigenvalue weighted by Crippen LogP contribution is 2.42. The summed E-state index contributed by atoms with van der Waals surface area (Å²) in [4.78, 5) is 46.0. The standard InChI is InChI=1S/C18H22ClN3O5.C13H13ClINO2/c1-18(2,3)27-17(25)22-8-10(14-15(22)11(19)4-6-20-14)16(24)21-12-5-7-26-9-13(12)23;1-13(2,3)18-12(17)7-6-9(15)11-10(7)8(14)4-5-16-11/h4,6,8,12-13,23H,5,7,9H2,1-3H3,(H,21,24);4-7H,1-3H3/t12?,13-;/m0./s1. The largest absolute Gasteiger partial charge is 0.459 e. The van der Waals surface area contributed by atoms with Crippen molar-refractivity contribution in [1.82, 2.24) is 19.9 Å².